The zero-order valence-corrected chi connectivity index (χ0v) is 15.6. The SMILES string of the molecule is CCn1nccc1S(=O)(=O)NC(Cc1ccc2c(c1)OCCCO2)C(=O)O. The van der Waals surface area contributed by atoms with Crippen molar-refractivity contribution >= 4 is 16.0 Å². The first kappa shape index (κ1) is 19.2. The number of sulfonamides is 1. The molecule has 0 saturated heterocycles. The number of aliphatic carboxylic acids is 1. The van der Waals surface area contributed by atoms with Crippen LogP contribution < -0.4 is 14.2 Å². The Morgan fingerprint density at radius 1 is 1.30 bits per heavy atom. The van der Waals surface area contributed by atoms with Gasteiger partial charge in [0.2, 0.25) is 0 Å². The lowest BCUT2D eigenvalue weighted by Crippen LogP contribution is -2.42. The van der Waals surface area contributed by atoms with Crippen LogP contribution in [0.25, 0.3) is 0 Å². The van der Waals surface area contributed by atoms with Crippen molar-refractivity contribution in [3.05, 3.63) is 36.0 Å². The molecule has 0 radical (unpaired) electrons. The van der Waals surface area contributed by atoms with E-state index < -0.39 is 22.0 Å². The van der Waals surface area contributed by atoms with E-state index in [1.165, 1.54) is 16.9 Å². The molecular weight excluding hydrogens is 374 g/mol. The van der Waals surface area contributed by atoms with Gasteiger partial charge < -0.3 is 14.6 Å². The summed E-state index contributed by atoms with van der Waals surface area (Å²) in [7, 11) is -4.03. The van der Waals surface area contributed by atoms with E-state index in [4.69, 9.17) is 9.47 Å². The third kappa shape index (κ3) is 4.40. The van der Waals surface area contributed by atoms with Crippen molar-refractivity contribution in [2.45, 2.75) is 37.4 Å². The number of hydrogen-bond donors (Lipinski definition) is 2. The van der Waals surface area contributed by atoms with Crippen molar-refractivity contribution in [3.8, 4) is 11.5 Å². The monoisotopic (exact) mass is 395 g/mol. The maximum absolute atomic E-state index is 12.6. The zero-order valence-electron chi connectivity index (χ0n) is 14.8. The number of rotatable bonds is 7. The van der Waals surface area contributed by atoms with E-state index in [-0.39, 0.29) is 11.4 Å². The van der Waals surface area contributed by atoms with Crippen LogP contribution in [0.15, 0.2) is 35.5 Å². The Labute approximate surface area is 157 Å². The number of hydrogen-bond acceptors (Lipinski definition) is 6. The first-order valence-electron chi connectivity index (χ1n) is 8.56. The summed E-state index contributed by atoms with van der Waals surface area (Å²) >= 11 is 0. The number of carboxylic acid groups (broad SMARTS) is 1. The minimum absolute atomic E-state index is 0.0362. The summed E-state index contributed by atoms with van der Waals surface area (Å²) in [5.74, 6) is -0.148. The van der Waals surface area contributed by atoms with Crippen molar-refractivity contribution in [1.29, 1.82) is 0 Å². The Kier molecular flexibility index (Phi) is 5.66. The molecule has 0 aliphatic carbocycles. The van der Waals surface area contributed by atoms with Crippen LogP contribution in [0.5, 0.6) is 11.5 Å². The Morgan fingerprint density at radius 3 is 2.74 bits per heavy atom. The average Bonchev–Trinajstić information content (AvgIpc) is 3.00. The van der Waals surface area contributed by atoms with Gasteiger partial charge in [0.15, 0.2) is 16.5 Å². The molecule has 0 amide bonds. The number of benzene rings is 1. The third-order valence-corrected chi connectivity index (χ3v) is 5.59. The third-order valence-electron chi connectivity index (χ3n) is 4.10. The number of carboxylic acids is 1. The molecule has 146 valence electrons. The maximum atomic E-state index is 12.6. The van der Waals surface area contributed by atoms with Gasteiger partial charge in [0.1, 0.15) is 6.04 Å². The molecule has 1 aliphatic rings. The number of nitrogens with one attached hydrogen (secondary N) is 1. The molecule has 1 aliphatic heterocycles. The van der Waals surface area contributed by atoms with E-state index in [0.29, 0.717) is 36.8 Å². The zero-order chi connectivity index (χ0) is 19.4. The lowest BCUT2D eigenvalue weighted by Gasteiger charge is -2.16. The van der Waals surface area contributed by atoms with E-state index in [1.807, 2.05) is 0 Å². The number of nitrogens with zero attached hydrogens (tertiary/aromatic N) is 2. The summed E-state index contributed by atoms with van der Waals surface area (Å²) in [6.07, 6.45) is 2.08. The lowest BCUT2D eigenvalue weighted by atomic mass is 10.1. The molecule has 2 heterocycles. The molecule has 2 aromatic rings. The van der Waals surface area contributed by atoms with Crippen molar-refractivity contribution in [1.82, 2.24) is 14.5 Å². The summed E-state index contributed by atoms with van der Waals surface area (Å²) in [5, 5.41) is 13.3. The summed E-state index contributed by atoms with van der Waals surface area (Å²) in [4.78, 5) is 11.6. The Hall–Kier alpha value is -2.59. The molecule has 0 bridgehead atoms. The van der Waals surface area contributed by atoms with Crippen LogP contribution in [0.4, 0.5) is 0 Å². The van der Waals surface area contributed by atoms with E-state index in [2.05, 4.69) is 9.82 Å². The second-order valence-corrected chi connectivity index (χ2v) is 7.69. The predicted octanol–water partition coefficient (Wildman–Crippen LogP) is 1.04. The van der Waals surface area contributed by atoms with Crippen LogP contribution in [0.3, 0.4) is 0 Å². The Morgan fingerprint density at radius 2 is 2.04 bits per heavy atom. The molecule has 27 heavy (non-hydrogen) atoms. The normalized spacial score (nSPS) is 15.1. The van der Waals surface area contributed by atoms with Crippen LogP contribution in [0.2, 0.25) is 0 Å². The van der Waals surface area contributed by atoms with Crippen LogP contribution in [-0.4, -0.2) is 48.5 Å². The summed E-state index contributed by atoms with van der Waals surface area (Å²) in [6, 6.07) is 5.09. The van der Waals surface area contributed by atoms with Crippen LogP contribution >= 0.6 is 0 Å². The highest BCUT2D eigenvalue weighted by Crippen LogP contribution is 2.30. The first-order valence-corrected chi connectivity index (χ1v) is 10.0. The van der Waals surface area contributed by atoms with Crippen LogP contribution in [0.1, 0.15) is 18.9 Å². The van der Waals surface area contributed by atoms with Gasteiger partial charge in [0.05, 0.1) is 19.4 Å². The second-order valence-electron chi connectivity index (χ2n) is 6.03. The molecule has 1 unspecified atom stereocenters. The van der Waals surface area contributed by atoms with E-state index in [0.717, 1.165) is 6.42 Å². The molecule has 1 aromatic heterocycles. The predicted molar refractivity (Wildman–Crippen MR) is 95.4 cm³/mol. The average molecular weight is 395 g/mol. The van der Waals surface area contributed by atoms with Gasteiger partial charge in [0.25, 0.3) is 10.0 Å². The number of aromatic nitrogens is 2. The van der Waals surface area contributed by atoms with Crippen LogP contribution in [-0.2, 0) is 27.8 Å². The van der Waals surface area contributed by atoms with E-state index in [1.54, 1.807) is 25.1 Å². The molecular formula is C17H21N3O6S. The topological polar surface area (TPSA) is 120 Å². The molecule has 3 rings (SSSR count). The van der Waals surface area contributed by atoms with Gasteiger partial charge in [-0.3, -0.25) is 9.48 Å². The van der Waals surface area contributed by atoms with Crippen molar-refractivity contribution < 1.29 is 27.8 Å². The van der Waals surface area contributed by atoms with Gasteiger partial charge in [-0.1, -0.05) is 6.07 Å². The van der Waals surface area contributed by atoms with E-state index >= 15 is 0 Å². The summed E-state index contributed by atoms with van der Waals surface area (Å²) in [6.45, 7) is 3.16. The van der Waals surface area contributed by atoms with Crippen molar-refractivity contribution in [2.75, 3.05) is 13.2 Å². The van der Waals surface area contributed by atoms with Gasteiger partial charge in [-0.05, 0) is 37.1 Å². The standard InChI is InChI=1S/C17H21N3O6S/c1-2-20-16(6-7-18-20)27(23,24)19-13(17(21)22)10-12-4-5-14-15(11-12)26-9-3-8-25-14/h4-7,11,13,19H,2-3,8-10H2,1H3,(H,21,22). The lowest BCUT2D eigenvalue weighted by molar-refractivity contribution is -0.138. The highest BCUT2D eigenvalue weighted by molar-refractivity contribution is 7.89. The van der Waals surface area contributed by atoms with Gasteiger partial charge in [-0.15, -0.1) is 0 Å². The number of carbonyl (C=O) groups is 1. The molecule has 0 fully saturated rings. The number of aryl methyl sites for hydroxylation is 1. The molecule has 0 saturated carbocycles. The van der Waals surface area contributed by atoms with Crippen molar-refractivity contribution in [2.24, 2.45) is 0 Å². The minimum atomic E-state index is -4.03. The number of fused-ring (bicyclic) bond motifs is 1. The second kappa shape index (κ2) is 7.97. The smallest absolute Gasteiger partial charge is 0.322 e. The highest BCUT2D eigenvalue weighted by Gasteiger charge is 2.28. The molecule has 1 aromatic carbocycles. The van der Waals surface area contributed by atoms with Crippen LogP contribution in [0, 0.1) is 0 Å². The Bertz CT molecular complexity index is 925. The molecule has 1 atom stereocenters. The fourth-order valence-corrected chi connectivity index (χ4v) is 4.16. The fraction of sp³-hybridized carbons (Fsp3) is 0.412. The van der Waals surface area contributed by atoms with Gasteiger partial charge in [-0.2, -0.15) is 9.82 Å². The van der Waals surface area contributed by atoms with Gasteiger partial charge >= 0.3 is 5.97 Å². The molecule has 0 spiro atoms. The quantitative estimate of drug-likeness (QED) is 0.719. The largest absolute Gasteiger partial charge is 0.490 e. The maximum Gasteiger partial charge on any atom is 0.322 e. The van der Waals surface area contributed by atoms with Gasteiger partial charge in [0, 0.05) is 13.0 Å². The fourth-order valence-electron chi connectivity index (χ4n) is 2.78. The molecule has 9 nitrogen and oxygen atoms in total. The molecule has 10 heteroatoms. The Balaban J connectivity index is 1.80. The number of ether oxygens (including phenoxy) is 2. The van der Waals surface area contributed by atoms with E-state index in [9.17, 15) is 18.3 Å². The summed E-state index contributed by atoms with van der Waals surface area (Å²) in [5.41, 5.74) is 0.623. The van der Waals surface area contributed by atoms with Gasteiger partial charge in [-0.25, -0.2) is 8.42 Å². The summed E-state index contributed by atoms with van der Waals surface area (Å²) < 4.78 is 39.8. The first-order chi connectivity index (χ1) is 12.9. The highest BCUT2D eigenvalue weighted by atomic mass is 32.2. The molecule has 2 N–H and O–H groups in total. The van der Waals surface area contributed by atoms with Crippen molar-refractivity contribution in [3.63, 3.8) is 0 Å². The minimum Gasteiger partial charge on any atom is -0.490 e.